The van der Waals surface area contributed by atoms with Crippen molar-refractivity contribution in [1.82, 2.24) is 5.32 Å². The highest BCUT2D eigenvalue weighted by molar-refractivity contribution is 6.35. The molecule has 4 nitrogen and oxygen atoms in total. The van der Waals surface area contributed by atoms with Crippen molar-refractivity contribution >= 4 is 15.4 Å². The average molecular weight is 245 g/mol. The number of unbranched alkanes of at least 4 members (excludes halogenated alkanes) is 1. The second-order valence-corrected chi connectivity index (χ2v) is 5.59. The van der Waals surface area contributed by atoms with Crippen LogP contribution in [0.4, 0.5) is 0 Å². The summed E-state index contributed by atoms with van der Waals surface area (Å²) in [6, 6.07) is 2.33. The van der Waals surface area contributed by atoms with Gasteiger partial charge in [0, 0.05) is 30.3 Å². The number of carbonyl (C=O) groups excluding carboxylic acids is 1. The lowest BCUT2D eigenvalue weighted by molar-refractivity contribution is -0.116. The van der Waals surface area contributed by atoms with E-state index in [2.05, 4.69) is 11.9 Å². The van der Waals surface area contributed by atoms with Gasteiger partial charge in [0.05, 0.1) is 0 Å². The lowest BCUT2D eigenvalue weighted by Crippen LogP contribution is -2.21. The van der Waals surface area contributed by atoms with Crippen LogP contribution in [0.3, 0.4) is 0 Å². The van der Waals surface area contributed by atoms with Gasteiger partial charge in [0.25, 0.3) is 0 Å². The fourth-order valence-corrected chi connectivity index (χ4v) is 3.21. The van der Waals surface area contributed by atoms with Gasteiger partial charge in [-0.25, -0.2) is 0 Å². The van der Waals surface area contributed by atoms with Crippen molar-refractivity contribution in [1.29, 1.82) is 0 Å². The number of hydrogen-bond acceptors (Lipinski definition) is 3. The molecule has 5 heteroatoms. The Morgan fingerprint density at radius 1 is 1.44 bits per heavy atom. The van der Waals surface area contributed by atoms with Crippen LogP contribution in [0.2, 0.25) is 12.1 Å². The van der Waals surface area contributed by atoms with Gasteiger partial charge in [0.2, 0.25) is 5.91 Å². The molecule has 0 aliphatic rings. The molecule has 0 aliphatic heterocycles. The summed E-state index contributed by atoms with van der Waals surface area (Å²) in [5, 5.41) is 2.76. The molecule has 0 saturated carbocycles. The molecule has 0 saturated heterocycles. The predicted octanol–water partition coefficient (Wildman–Crippen LogP) is 0.693. The number of hydrogen-bond donors (Lipinski definition) is 1. The van der Waals surface area contributed by atoms with Crippen molar-refractivity contribution in [2.75, 3.05) is 20.8 Å². The van der Waals surface area contributed by atoms with Crippen molar-refractivity contribution < 1.29 is 14.3 Å². The van der Waals surface area contributed by atoms with Gasteiger partial charge in [-0.2, -0.15) is 0 Å². The third-order valence-corrected chi connectivity index (χ3v) is 4.26. The van der Waals surface area contributed by atoms with Crippen LogP contribution in [0.15, 0.2) is 12.7 Å². The van der Waals surface area contributed by atoms with E-state index < -0.39 is 0 Å². The monoisotopic (exact) mass is 245 g/mol. The van der Waals surface area contributed by atoms with Gasteiger partial charge in [-0.1, -0.05) is 19.0 Å². The number of ether oxygens (including phenoxy) is 2. The maximum Gasteiger partial charge on any atom is 0.243 e. The first kappa shape index (κ1) is 15.3. The lowest BCUT2D eigenvalue weighted by atomic mass is 10.3. The van der Waals surface area contributed by atoms with Crippen molar-refractivity contribution in [3.63, 3.8) is 0 Å². The molecule has 0 rings (SSSR count). The summed E-state index contributed by atoms with van der Waals surface area (Å²) < 4.78 is 10.2. The quantitative estimate of drug-likeness (QED) is 0.267. The molecule has 0 fully saturated rings. The van der Waals surface area contributed by atoms with Crippen LogP contribution < -0.4 is 5.32 Å². The second-order valence-electron chi connectivity index (χ2n) is 3.60. The van der Waals surface area contributed by atoms with Gasteiger partial charge in [-0.3, -0.25) is 4.79 Å². The number of nitrogens with one attached hydrogen (secondary N) is 1. The second kappa shape index (κ2) is 10.9. The largest absolute Gasteiger partial charge is 0.356 e. The zero-order valence-electron chi connectivity index (χ0n) is 10.3. The van der Waals surface area contributed by atoms with E-state index in [-0.39, 0.29) is 21.7 Å². The molecule has 0 aromatic heterocycles. The van der Waals surface area contributed by atoms with Crippen LogP contribution in [0, 0.1) is 0 Å². The van der Waals surface area contributed by atoms with E-state index in [1.807, 2.05) is 0 Å². The van der Waals surface area contributed by atoms with Crippen LogP contribution in [0.1, 0.15) is 12.8 Å². The molecule has 16 heavy (non-hydrogen) atoms. The minimum atomic E-state index is -0.0935. The van der Waals surface area contributed by atoms with E-state index in [4.69, 9.17) is 9.47 Å². The zero-order valence-corrected chi connectivity index (χ0v) is 11.7. The normalized spacial score (nSPS) is 11.2. The van der Waals surface area contributed by atoms with Crippen LogP contribution in [-0.4, -0.2) is 42.5 Å². The Kier molecular flexibility index (Phi) is 10.4. The number of amides is 1. The minimum Gasteiger partial charge on any atom is -0.356 e. The van der Waals surface area contributed by atoms with Gasteiger partial charge >= 0.3 is 0 Å². The summed E-state index contributed by atoms with van der Waals surface area (Å²) in [4.78, 5) is 10.8. The molecular weight excluding hydrogens is 222 g/mol. The fraction of sp³-hybridized carbons (Fsp3) is 0.727. The highest BCUT2D eigenvalue weighted by atomic mass is 28.2. The first-order valence-corrected chi connectivity index (χ1v) is 7.70. The van der Waals surface area contributed by atoms with Gasteiger partial charge in [-0.05, 0) is 18.5 Å². The standard InChI is InChI=1S/C11H23NO3Si/c1-4-10(13)12-7-5-6-8-16-9-11(14-2)15-3/h4,11H,1,5-9,16H2,2-3H3,(H,12,13). The smallest absolute Gasteiger partial charge is 0.243 e. The van der Waals surface area contributed by atoms with Crippen LogP contribution in [0.25, 0.3) is 0 Å². The number of carbonyl (C=O) groups is 1. The van der Waals surface area contributed by atoms with Crippen LogP contribution >= 0.6 is 0 Å². The molecule has 0 radical (unpaired) electrons. The molecule has 1 N–H and O–H groups in total. The van der Waals surface area contributed by atoms with Crippen molar-refractivity contribution in [2.24, 2.45) is 0 Å². The summed E-state index contributed by atoms with van der Waals surface area (Å²) in [5.41, 5.74) is 0. The molecule has 1 amide bonds. The highest BCUT2D eigenvalue weighted by Gasteiger charge is 2.03. The highest BCUT2D eigenvalue weighted by Crippen LogP contribution is 2.02. The van der Waals surface area contributed by atoms with Gasteiger partial charge < -0.3 is 14.8 Å². The third-order valence-electron chi connectivity index (χ3n) is 2.38. The van der Waals surface area contributed by atoms with E-state index in [9.17, 15) is 4.79 Å². The first-order valence-electron chi connectivity index (χ1n) is 5.70. The van der Waals surface area contributed by atoms with Gasteiger partial charge in [0.1, 0.15) is 0 Å². The Morgan fingerprint density at radius 3 is 2.69 bits per heavy atom. The predicted molar refractivity (Wildman–Crippen MR) is 68.4 cm³/mol. The maximum absolute atomic E-state index is 10.8. The molecule has 0 bridgehead atoms. The van der Waals surface area contributed by atoms with E-state index in [1.165, 1.54) is 18.5 Å². The van der Waals surface area contributed by atoms with E-state index in [1.54, 1.807) is 14.2 Å². The SMILES string of the molecule is C=CC(=O)NCCCC[SiH2]CC(OC)OC. The molecular formula is C11H23NO3Si. The summed E-state index contributed by atoms with van der Waals surface area (Å²) in [7, 11) is 3.25. The number of rotatable bonds is 10. The average Bonchev–Trinajstić information content (AvgIpc) is 2.32. The number of methoxy groups -OCH3 is 2. The van der Waals surface area contributed by atoms with Crippen molar-refractivity contribution in [3.8, 4) is 0 Å². The molecule has 0 heterocycles. The summed E-state index contributed by atoms with van der Waals surface area (Å²) >= 11 is 0. The maximum atomic E-state index is 10.8. The van der Waals surface area contributed by atoms with Gasteiger partial charge in [-0.15, -0.1) is 0 Å². The molecule has 0 spiro atoms. The van der Waals surface area contributed by atoms with Crippen molar-refractivity contribution in [2.45, 2.75) is 31.2 Å². The summed E-state index contributed by atoms with van der Waals surface area (Å²) in [5.74, 6) is -0.0870. The third kappa shape index (κ3) is 8.64. The lowest BCUT2D eigenvalue weighted by Gasteiger charge is -2.12. The van der Waals surface area contributed by atoms with Crippen molar-refractivity contribution in [3.05, 3.63) is 12.7 Å². The van der Waals surface area contributed by atoms with E-state index >= 15 is 0 Å². The Hall–Kier alpha value is -0.653. The summed E-state index contributed by atoms with van der Waals surface area (Å²) in [6.07, 6.45) is 3.49. The molecule has 94 valence electrons. The minimum absolute atomic E-state index is 0.0212. The molecule has 0 aliphatic carbocycles. The van der Waals surface area contributed by atoms with Gasteiger partial charge in [0.15, 0.2) is 6.29 Å². The topological polar surface area (TPSA) is 47.6 Å². The Morgan fingerprint density at radius 2 is 2.12 bits per heavy atom. The first-order chi connectivity index (χ1) is 7.74. The van der Waals surface area contributed by atoms with E-state index in [0.717, 1.165) is 19.0 Å². The molecule has 0 aromatic carbocycles. The van der Waals surface area contributed by atoms with E-state index in [0.29, 0.717) is 0 Å². The summed E-state index contributed by atoms with van der Waals surface area (Å²) in [6.45, 7) is 4.14. The Bertz CT molecular complexity index is 196. The molecule has 0 atom stereocenters. The van der Waals surface area contributed by atoms with Crippen LogP contribution in [0.5, 0.6) is 0 Å². The fourth-order valence-electron chi connectivity index (χ4n) is 1.41. The Balaban J connectivity index is 3.21. The van der Waals surface area contributed by atoms with Crippen LogP contribution in [-0.2, 0) is 14.3 Å². The zero-order chi connectivity index (χ0) is 12.2. The Labute approximate surface area is 100 Å². The molecule has 0 unspecified atom stereocenters. The molecule has 0 aromatic rings.